The van der Waals surface area contributed by atoms with Crippen LogP contribution in [-0.2, 0) is 16.2 Å². The third-order valence-corrected chi connectivity index (χ3v) is 5.57. The number of carboxylic acids is 1. The second-order valence-electron chi connectivity index (χ2n) is 5.95. The molecule has 0 aromatic heterocycles. The van der Waals surface area contributed by atoms with Gasteiger partial charge in [0.15, 0.2) is 5.17 Å². The molecule has 1 fully saturated rings. The second-order valence-corrected chi connectivity index (χ2v) is 7.96. The van der Waals surface area contributed by atoms with Gasteiger partial charge in [-0.05, 0) is 47.5 Å². The molecule has 29 heavy (non-hydrogen) atoms. The SMILES string of the molecule is O=C(O)CC1S/C(=N/N=Cc2ccc(OCc3ccc(Cl)c(Cl)c3)cc2)NC1=O. The Kier molecular flexibility index (Phi) is 7.13. The van der Waals surface area contributed by atoms with Gasteiger partial charge in [-0.2, -0.15) is 5.10 Å². The largest absolute Gasteiger partial charge is 0.489 e. The summed E-state index contributed by atoms with van der Waals surface area (Å²) in [6, 6.07) is 12.5. The number of carbonyl (C=O) groups is 2. The Labute approximate surface area is 180 Å². The Morgan fingerprint density at radius 3 is 2.66 bits per heavy atom. The predicted molar refractivity (Wildman–Crippen MR) is 114 cm³/mol. The van der Waals surface area contributed by atoms with Gasteiger partial charge in [-0.25, -0.2) is 0 Å². The number of rotatable bonds is 7. The van der Waals surface area contributed by atoms with E-state index in [1.54, 1.807) is 24.3 Å². The maximum absolute atomic E-state index is 11.6. The average Bonchev–Trinajstić information content (AvgIpc) is 3.02. The summed E-state index contributed by atoms with van der Waals surface area (Å²) in [5, 5.41) is 19.7. The highest BCUT2D eigenvalue weighted by Gasteiger charge is 2.32. The molecular weight excluding hydrogens is 437 g/mol. The van der Waals surface area contributed by atoms with Crippen LogP contribution in [0.4, 0.5) is 0 Å². The van der Waals surface area contributed by atoms with E-state index in [-0.39, 0.29) is 17.5 Å². The first-order valence-electron chi connectivity index (χ1n) is 8.38. The van der Waals surface area contributed by atoms with Crippen molar-refractivity contribution in [1.29, 1.82) is 0 Å². The van der Waals surface area contributed by atoms with E-state index in [1.807, 2.05) is 18.2 Å². The summed E-state index contributed by atoms with van der Waals surface area (Å²) in [5.41, 5.74) is 1.69. The number of aliphatic carboxylic acids is 1. The Hall–Kier alpha value is -2.55. The van der Waals surface area contributed by atoms with Crippen LogP contribution in [0.15, 0.2) is 52.7 Å². The van der Waals surface area contributed by atoms with Crippen LogP contribution in [-0.4, -0.2) is 33.6 Å². The molecule has 0 aliphatic carbocycles. The molecule has 1 saturated heterocycles. The molecule has 0 bridgehead atoms. The van der Waals surface area contributed by atoms with Crippen molar-refractivity contribution in [1.82, 2.24) is 5.32 Å². The summed E-state index contributed by atoms with van der Waals surface area (Å²) in [4.78, 5) is 22.3. The van der Waals surface area contributed by atoms with Gasteiger partial charge in [0.05, 0.1) is 22.7 Å². The van der Waals surface area contributed by atoms with Crippen LogP contribution in [0.5, 0.6) is 5.75 Å². The van der Waals surface area contributed by atoms with Crippen molar-refractivity contribution in [3.05, 3.63) is 63.6 Å². The van der Waals surface area contributed by atoms with Crippen LogP contribution in [0.2, 0.25) is 10.0 Å². The Balaban J connectivity index is 1.53. The van der Waals surface area contributed by atoms with E-state index in [2.05, 4.69) is 15.5 Å². The normalized spacial score (nSPS) is 17.7. The molecule has 2 aromatic carbocycles. The minimum atomic E-state index is -1.04. The fourth-order valence-corrected chi connectivity index (χ4v) is 3.58. The molecule has 1 amide bonds. The van der Waals surface area contributed by atoms with Crippen molar-refractivity contribution in [3.63, 3.8) is 0 Å². The number of nitrogens with one attached hydrogen (secondary N) is 1. The number of carbonyl (C=O) groups excluding carboxylic acids is 1. The lowest BCUT2D eigenvalue weighted by molar-refractivity contribution is -0.138. The number of ether oxygens (including phenoxy) is 1. The van der Waals surface area contributed by atoms with Gasteiger partial charge in [-0.15, -0.1) is 5.10 Å². The summed E-state index contributed by atoms with van der Waals surface area (Å²) in [5.74, 6) is -0.742. The van der Waals surface area contributed by atoms with E-state index in [1.165, 1.54) is 6.21 Å². The lowest BCUT2D eigenvalue weighted by Crippen LogP contribution is -2.26. The van der Waals surface area contributed by atoms with Crippen molar-refractivity contribution < 1.29 is 19.4 Å². The van der Waals surface area contributed by atoms with E-state index in [4.69, 9.17) is 33.0 Å². The number of benzene rings is 2. The van der Waals surface area contributed by atoms with Crippen molar-refractivity contribution in [2.75, 3.05) is 0 Å². The van der Waals surface area contributed by atoms with Crippen molar-refractivity contribution >= 4 is 58.2 Å². The van der Waals surface area contributed by atoms with Gasteiger partial charge < -0.3 is 15.2 Å². The van der Waals surface area contributed by atoms with Crippen molar-refractivity contribution in [2.24, 2.45) is 10.2 Å². The number of carboxylic acid groups (broad SMARTS) is 1. The third-order valence-electron chi connectivity index (χ3n) is 3.76. The van der Waals surface area contributed by atoms with Gasteiger partial charge >= 0.3 is 5.97 Å². The molecule has 1 unspecified atom stereocenters. The number of amides is 1. The molecule has 7 nitrogen and oxygen atoms in total. The zero-order chi connectivity index (χ0) is 20.8. The van der Waals surface area contributed by atoms with Crippen LogP contribution in [0, 0.1) is 0 Å². The van der Waals surface area contributed by atoms with Gasteiger partial charge in [-0.3, -0.25) is 9.59 Å². The summed E-state index contributed by atoms with van der Waals surface area (Å²) >= 11 is 12.9. The van der Waals surface area contributed by atoms with Crippen LogP contribution < -0.4 is 10.1 Å². The summed E-state index contributed by atoms with van der Waals surface area (Å²) in [6.07, 6.45) is 1.26. The molecule has 0 spiro atoms. The van der Waals surface area contributed by atoms with E-state index >= 15 is 0 Å². The van der Waals surface area contributed by atoms with Crippen LogP contribution >= 0.6 is 35.0 Å². The number of hydrogen-bond acceptors (Lipinski definition) is 6. The van der Waals surface area contributed by atoms with Crippen LogP contribution in [0.3, 0.4) is 0 Å². The lowest BCUT2D eigenvalue weighted by Gasteiger charge is -2.07. The quantitative estimate of drug-likeness (QED) is 0.489. The number of thioether (sulfide) groups is 1. The van der Waals surface area contributed by atoms with E-state index in [0.717, 1.165) is 22.9 Å². The molecule has 1 aliphatic heterocycles. The topological polar surface area (TPSA) is 100 Å². The van der Waals surface area contributed by atoms with E-state index in [0.29, 0.717) is 22.4 Å². The van der Waals surface area contributed by atoms with Gasteiger partial charge in [0.1, 0.15) is 17.6 Å². The van der Waals surface area contributed by atoms with Crippen molar-refractivity contribution in [3.8, 4) is 5.75 Å². The molecule has 1 aliphatic rings. The van der Waals surface area contributed by atoms with Gasteiger partial charge in [0.2, 0.25) is 5.91 Å². The number of hydrogen-bond donors (Lipinski definition) is 2. The van der Waals surface area contributed by atoms with Gasteiger partial charge in [0.25, 0.3) is 0 Å². The lowest BCUT2D eigenvalue weighted by atomic mass is 10.2. The Morgan fingerprint density at radius 1 is 1.21 bits per heavy atom. The molecule has 3 rings (SSSR count). The summed E-state index contributed by atoms with van der Waals surface area (Å²) in [6.45, 7) is 0.354. The minimum Gasteiger partial charge on any atom is -0.489 e. The van der Waals surface area contributed by atoms with Crippen LogP contribution in [0.25, 0.3) is 0 Å². The highest BCUT2D eigenvalue weighted by Crippen LogP contribution is 2.24. The standard InChI is InChI=1S/C19H15Cl2N3O4S/c20-14-6-3-12(7-15(14)21)10-28-13-4-1-11(2-5-13)9-22-24-19-23-18(27)16(29-19)8-17(25)26/h1-7,9,16H,8,10H2,(H,25,26)(H,23,24,27). The Morgan fingerprint density at radius 2 is 1.97 bits per heavy atom. The van der Waals surface area contributed by atoms with Crippen molar-refractivity contribution in [2.45, 2.75) is 18.3 Å². The molecule has 1 heterocycles. The highest BCUT2D eigenvalue weighted by molar-refractivity contribution is 8.15. The summed E-state index contributed by atoms with van der Waals surface area (Å²) in [7, 11) is 0. The molecule has 0 radical (unpaired) electrons. The smallest absolute Gasteiger partial charge is 0.305 e. The maximum Gasteiger partial charge on any atom is 0.305 e. The molecule has 2 aromatic rings. The average molecular weight is 452 g/mol. The molecule has 150 valence electrons. The molecule has 1 atom stereocenters. The zero-order valence-electron chi connectivity index (χ0n) is 14.8. The second kappa shape index (κ2) is 9.78. The molecular formula is C19H15Cl2N3O4S. The fourth-order valence-electron chi connectivity index (χ4n) is 2.34. The van der Waals surface area contributed by atoms with E-state index < -0.39 is 11.2 Å². The van der Waals surface area contributed by atoms with Crippen LogP contribution in [0.1, 0.15) is 17.5 Å². The first-order valence-corrected chi connectivity index (χ1v) is 10.0. The highest BCUT2D eigenvalue weighted by atomic mass is 35.5. The minimum absolute atomic E-state index is 0.261. The number of amidine groups is 1. The molecule has 0 saturated carbocycles. The first-order chi connectivity index (χ1) is 13.9. The molecule has 10 heteroatoms. The zero-order valence-corrected chi connectivity index (χ0v) is 17.2. The molecule has 2 N–H and O–H groups in total. The maximum atomic E-state index is 11.6. The Bertz CT molecular complexity index is 980. The van der Waals surface area contributed by atoms with Gasteiger partial charge in [0, 0.05) is 0 Å². The van der Waals surface area contributed by atoms with E-state index in [9.17, 15) is 9.59 Å². The first kappa shape index (κ1) is 21.2. The predicted octanol–water partition coefficient (Wildman–Crippen LogP) is 3.97. The number of nitrogens with zero attached hydrogens (tertiary/aromatic N) is 2. The van der Waals surface area contributed by atoms with Gasteiger partial charge in [-0.1, -0.05) is 41.0 Å². The fraction of sp³-hybridized carbons (Fsp3) is 0.158. The third kappa shape index (κ3) is 6.22. The monoisotopic (exact) mass is 451 g/mol. The number of halogens is 2. The summed E-state index contributed by atoms with van der Waals surface area (Å²) < 4.78 is 5.71.